The summed E-state index contributed by atoms with van der Waals surface area (Å²) in [6.45, 7) is 25.4. The molecule has 2 aromatic heterocycles. The molecule has 1 N–H and O–H groups in total. The number of aromatic nitrogens is 1. The Balaban J connectivity index is 0.000000323. The van der Waals surface area contributed by atoms with E-state index in [1.807, 2.05) is 41.5 Å². The molecule has 5 heteroatoms. The molecule has 5 aromatic rings. The van der Waals surface area contributed by atoms with Gasteiger partial charge >= 0.3 is 0 Å². The van der Waals surface area contributed by atoms with Gasteiger partial charge in [-0.05, 0) is 62.1 Å². The van der Waals surface area contributed by atoms with E-state index in [1.165, 1.54) is 22.6 Å². The first-order chi connectivity index (χ1) is 23.0. The summed E-state index contributed by atoms with van der Waals surface area (Å²) in [4.78, 5) is 17.3. The van der Waals surface area contributed by atoms with Crippen LogP contribution in [-0.4, -0.2) is 15.9 Å². The van der Waals surface area contributed by atoms with E-state index in [1.54, 1.807) is 0 Å². The summed E-state index contributed by atoms with van der Waals surface area (Å²) < 4.78 is 6.44. The molecule has 0 saturated carbocycles. The molecule has 50 heavy (non-hydrogen) atoms. The number of nitrogens with zero attached hydrogens (tertiary/aromatic N) is 1. The number of benzene rings is 3. The summed E-state index contributed by atoms with van der Waals surface area (Å²) >= 11 is 0. The predicted molar refractivity (Wildman–Crippen MR) is 208 cm³/mol. The molecule has 0 atom stereocenters. The zero-order valence-electron chi connectivity index (χ0n) is 32.4. The molecule has 0 saturated heterocycles. The van der Waals surface area contributed by atoms with Crippen LogP contribution < -0.4 is 0 Å². The average Bonchev–Trinajstić information content (AvgIpc) is 3.49. The normalized spacial score (nSPS) is 12.7. The molecular formula is C45H58IrNO3-. The predicted octanol–water partition coefficient (Wildman–Crippen LogP) is 13.1. The Bertz CT molecular complexity index is 1970. The van der Waals surface area contributed by atoms with Crippen molar-refractivity contribution < 1.29 is 34.4 Å². The second-order valence-electron chi connectivity index (χ2n) is 15.9. The number of pyridine rings is 1. The molecule has 0 aliphatic heterocycles. The first-order valence-corrected chi connectivity index (χ1v) is 18.2. The first kappa shape index (κ1) is 41.2. The number of carbonyl (C=O) groups excluding carboxylic acids is 1. The van der Waals surface area contributed by atoms with Crippen LogP contribution in [0, 0.1) is 29.7 Å². The second-order valence-corrected chi connectivity index (χ2v) is 15.9. The average molecular weight is 853 g/mol. The minimum Gasteiger partial charge on any atom is -0.512 e. The van der Waals surface area contributed by atoms with Gasteiger partial charge in [-0.1, -0.05) is 117 Å². The maximum Gasteiger partial charge on any atom is 0.164 e. The summed E-state index contributed by atoms with van der Waals surface area (Å²) in [5.41, 5.74) is 5.80. The number of aliphatic hydroxyl groups excluding tert-OH is 1. The maximum absolute atomic E-state index is 12.2. The fraction of sp³-hybridized carbons (Fsp3) is 0.467. The Kier molecular flexibility index (Phi) is 13.5. The van der Waals surface area contributed by atoms with Gasteiger partial charge < -0.3 is 9.52 Å². The zero-order chi connectivity index (χ0) is 36.3. The molecule has 0 spiro atoms. The van der Waals surface area contributed by atoms with Crippen molar-refractivity contribution in [1.29, 1.82) is 0 Å². The van der Waals surface area contributed by atoms with Gasteiger partial charge in [0.05, 0.1) is 5.52 Å². The van der Waals surface area contributed by atoms with E-state index in [9.17, 15) is 9.90 Å². The fourth-order valence-corrected chi connectivity index (χ4v) is 6.30. The molecule has 0 aliphatic rings. The molecule has 1 radical (unpaired) electrons. The van der Waals surface area contributed by atoms with E-state index < -0.39 is 0 Å². The number of hydrogen-bond acceptors (Lipinski definition) is 4. The number of ketones is 1. The molecule has 271 valence electrons. The topological polar surface area (TPSA) is 63.3 Å². The van der Waals surface area contributed by atoms with E-state index in [0.717, 1.165) is 76.4 Å². The van der Waals surface area contributed by atoms with Crippen molar-refractivity contribution in [2.75, 3.05) is 0 Å². The molecule has 3 aromatic carbocycles. The van der Waals surface area contributed by atoms with Gasteiger partial charge in [-0.3, -0.25) is 9.78 Å². The van der Waals surface area contributed by atoms with Crippen LogP contribution in [0.5, 0.6) is 0 Å². The van der Waals surface area contributed by atoms with E-state index >= 15 is 0 Å². The maximum atomic E-state index is 12.2. The molecule has 0 fully saturated rings. The Morgan fingerprint density at radius 3 is 2.06 bits per heavy atom. The smallest absolute Gasteiger partial charge is 0.164 e. The van der Waals surface area contributed by atoms with Gasteiger partial charge in [-0.25, -0.2) is 0 Å². The summed E-state index contributed by atoms with van der Waals surface area (Å²) in [5.74, 6) is 1.83. The molecule has 4 nitrogen and oxygen atoms in total. The first-order valence-electron chi connectivity index (χ1n) is 18.2. The minimum atomic E-state index is -0.337. The van der Waals surface area contributed by atoms with Crippen molar-refractivity contribution >= 4 is 38.4 Å². The number of aryl methyl sites for hydroxylation is 1. The SMILES string of the molecule is CCC(C)(CC)C(=O)/C=C(\O)C(C)(CC)CC.Cc1ccc2nc(-c3[c-]c4ccccc4c(C(C)(C)C)c3)c3cc(CC(C)C)oc3c2c1.[Ir]. The molecule has 5 rings (SSSR count). The van der Waals surface area contributed by atoms with Gasteiger partial charge in [0.15, 0.2) is 5.78 Å². The van der Waals surface area contributed by atoms with Gasteiger partial charge in [-0.2, -0.15) is 0 Å². The Hall–Kier alpha value is -3.27. The summed E-state index contributed by atoms with van der Waals surface area (Å²) in [6, 6.07) is 23.1. The van der Waals surface area contributed by atoms with Gasteiger partial charge in [0, 0.05) is 59.9 Å². The number of allylic oxidation sites excluding steroid dienone is 2. The van der Waals surface area contributed by atoms with Gasteiger partial charge in [-0.15, -0.1) is 29.1 Å². The van der Waals surface area contributed by atoms with Crippen molar-refractivity contribution in [2.24, 2.45) is 16.7 Å². The number of hydrogen-bond donors (Lipinski definition) is 1. The molecular weight excluding hydrogens is 795 g/mol. The van der Waals surface area contributed by atoms with Crippen LogP contribution >= 0.6 is 0 Å². The summed E-state index contributed by atoms with van der Waals surface area (Å²) in [7, 11) is 0. The quantitative estimate of drug-likeness (QED) is 0.0864. The fourth-order valence-electron chi connectivity index (χ4n) is 6.30. The monoisotopic (exact) mass is 853 g/mol. The molecule has 0 aliphatic carbocycles. The number of fused-ring (bicyclic) bond motifs is 4. The van der Waals surface area contributed by atoms with Crippen LogP contribution in [0.1, 0.15) is 119 Å². The number of aliphatic hydroxyl groups is 1. The van der Waals surface area contributed by atoms with E-state index in [2.05, 4.69) is 102 Å². The third-order valence-electron chi connectivity index (χ3n) is 10.7. The van der Waals surface area contributed by atoms with Crippen molar-refractivity contribution in [1.82, 2.24) is 4.98 Å². The van der Waals surface area contributed by atoms with Crippen LogP contribution in [-0.2, 0) is 36.7 Å². The number of furan rings is 1. The van der Waals surface area contributed by atoms with Crippen LogP contribution in [0.25, 0.3) is 43.9 Å². The molecule has 0 amide bonds. The second kappa shape index (κ2) is 16.4. The van der Waals surface area contributed by atoms with Crippen molar-refractivity contribution in [3.05, 3.63) is 89.4 Å². The van der Waals surface area contributed by atoms with Crippen LogP contribution in [0.4, 0.5) is 0 Å². The zero-order valence-corrected chi connectivity index (χ0v) is 34.8. The third-order valence-corrected chi connectivity index (χ3v) is 10.7. The van der Waals surface area contributed by atoms with E-state index in [-0.39, 0.29) is 47.9 Å². The Labute approximate surface area is 314 Å². The van der Waals surface area contributed by atoms with Crippen molar-refractivity contribution in [3.8, 4) is 11.3 Å². The Morgan fingerprint density at radius 2 is 1.48 bits per heavy atom. The third kappa shape index (κ3) is 8.77. The molecule has 2 heterocycles. The van der Waals surface area contributed by atoms with E-state index in [0.29, 0.717) is 5.92 Å². The molecule has 0 bridgehead atoms. The summed E-state index contributed by atoms with van der Waals surface area (Å²) in [5, 5.41) is 14.7. The van der Waals surface area contributed by atoms with Crippen LogP contribution in [0.2, 0.25) is 0 Å². The van der Waals surface area contributed by atoms with E-state index in [4.69, 9.17) is 9.40 Å². The van der Waals surface area contributed by atoms with Crippen LogP contribution in [0.15, 0.2) is 70.8 Å². The summed E-state index contributed by atoms with van der Waals surface area (Å²) in [6.07, 6.45) is 5.67. The van der Waals surface area contributed by atoms with Gasteiger partial charge in [0.1, 0.15) is 17.1 Å². The van der Waals surface area contributed by atoms with Crippen molar-refractivity contribution in [2.45, 2.75) is 121 Å². The Morgan fingerprint density at radius 1 is 0.860 bits per heavy atom. The van der Waals surface area contributed by atoms with Gasteiger partial charge in [0.2, 0.25) is 0 Å². The van der Waals surface area contributed by atoms with Crippen LogP contribution in [0.3, 0.4) is 0 Å². The minimum absolute atomic E-state index is 0. The van der Waals surface area contributed by atoms with Gasteiger partial charge in [0.25, 0.3) is 0 Å². The standard InChI is InChI=1S/C30H30NO.C15H28O2.Ir/c1-18(2)13-22-17-25-28(31-27-12-11-19(3)14-24(27)29(25)32-22)21-15-20-9-7-8-10-23(20)26(16-21)30(4,5)6;1-7-14(5,8-2)12(16)11-13(17)15(6,9-3)10-4;/h7-12,14,16-18H,13H2,1-6H3;11,16H,7-10H2,1-6H3;/q-1;;/b;12-11-;. The largest absolute Gasteiger partial charge is 0.512 e. The van der Waals surface area contributed by atoms with Crippen molar-refractivity contribution in [3.63, 3.8) is 0 Å². The number of rotatable bonds is 10. The number of carbonyl (C=O) groups is 1. The molecule has 0 unspecified atom stereocenters.